The standard InChI is InChI=1S/C15H20O4/c1-4-11(16)13-14(19-15(2,3)18-13)12(17)10-8-6-5-7-9-10/h4-9,11-14,16-17H,1H2,2-3H3/t11-,12-,13+,14+/m1/s1. The first kappa shape index (κ1) is 14.2. The van der Waals surface area contributed by atoms with Crippen molar-refractivity contribution < 1.29 is 19.7 Å². The molecule has 1 saturated heterocycles. The molecule has 0 unspecified atom stereocenters. The van der Waals surface area contributed by atoms with Crippen LogP contribution >= 0.6 is 0 Å². The van der Waals surface area contributed by atoms with E-state index < -0.39 is 30.2 Å². The number of hydrogen-bond acceptors (Lipinski definition) is 4. The fourth-order valence-corrected chi connectivity index (χ4v) is 2.30. The van der Waals surface area contributed by atoms with Crippen LogP contribution in [0.25, 0.3) is 0 Å². The summed E-state index contributed by atoms with van der Waals surface area (Å²) in [6.07, 6.45) is -1.62. The fourth-order valence-electron chi connectivity index (χ4n) is 2.30. The van der Waals surface area contributed by atoms with Gasteiger partial charge in [-0.05, 0) is 19.4 Å². The summed E-state index contributed by atoms with van der Waals surface area (Å²) in [5.41, 5.74) is 0.732. The highest BCUT2D eigenvalue weighted by Gasteiger charge is 2.47. The van der Waals surface area contributed by atoms with Crippen LogP contribution in [0.1, 0.15) is 25.5 Å². The van der Waals surface area contributed by atoms with Gasteiger partial charge in [0.05, 0.1) is 0 Å². The lowest BCUT2D eigenvalue weighted by Crippen LogP contribution is -2.37. The molecule has 1 fully saturated rings. The topological polar surface area (TPSA) is 58.9 Å². The van der Waals surface area contributed by atoms with Crippen LogP contribution in [-0.2, 0) is 9.47 Å². The summed E-state index contributed by atoms with van der Waals surface area (Å²) in [5, 5.41) is 20.3. The van der Waals surface area contributed by atoms with Gasteiger partial charge in [0, 0.05) is 0 Å². The zero-order valence-electron chi connectivity index (χ0n) is 11.2. The van der Waals surface area contributed by atoms with Gasteiger partial charge in [-0.2, -0.15) is 0 Å². The van der Waals surface area contributed by atoms with Crippen LogP contribution in [0.3, 0.4) is 0 Å². The van der Waals surface area contributed by atoms with Crippen LogP contribution in [0.2, 0.25) is 0 Å². The molecule has 1 aliphatic rings. The highest BCUT2D eigenvalue weighted by Crippen LogP contribution is 2.36. The monoisotopic (exact) mass is 264 g/mol. The van der Waals surface area contributed by atoms with Gasteiger partial charge in [-0.1, -0.05) is 36.4 Å². The van der Waals surface area contributed by atoms with Gasteiger partial charge >= 0.3 is 0 Å². The number of rotatable bonds is 4. The van der Waals surface area contributed by atoms with Gasteiger partial charge in [-0.3, -0.25) is 0 Å². The molecule has 0 radical (unpaired) electrons. The van der Waals surface area contributed by atoms with Crippen LogP contribution in [0.4, 0.5) is 0 Å². The van der Waals surface area contributed by atoms with Crippen molar-refractivity contribution in [2.24, 2.45) is 0 Å². The third kappa shape index (κ3) is 3.04. The Labute approximate surface area is 113 Å². The number of aliphatic hydroxyl groups excluding tert-OH is 2. The van der Waals surface area contributed by atoms with E-state index in [2.05, 4.69) is 6.58 Å². The maximum Gasteiger partial charge on any atom is 0.164 e. The molecular weight excluding hydrogens is 244 g/mol. The summed E-state index contributed by atoms with van der Waals surface area (Å²) >= 11 is 0. The van der Waals surface area contributed by atoms with Crippen molar-refractivity contribution in [3.8, 4) is 0 Å². The van der Waals surface area contributed by atoms with Crippen molar-refractivity contribution in [1.29, 1.82) is 0 Å². The molecule has 19 heavy (non-hydrogen) atoms. The maximum absolute atomic E-state index is 10.4. The minimum absolute atomic E-state index is 0.634. The van der Waals surface area contributed by atoms with Crippen LogP contribution in [0.15, 0.2) is 43.0 Å². The van der Waals surface area contributed by atoms with Crippen LogP contribution in [0, 0.1) is 0 Å². The lowest BCUT2D eigenvalue weighted by atomic mass is 9.97. The Morgan fingerprint density at radius 1 is 1.16 bits per heavy atom. The second-order valence-corrected chi connectivity index (χ2v) is 5.15. The van der Waals surface area contributed by atoms with Crippen molar-refractivity contribution >= 4 is 0 Å². The lowest BCUT2D eigenvalue weighted by Gasteiger charge is -2.24. The largest absolute Gasteiger partial charge is 0.386 e. The van der Waals surface area contributed by atoms with Gasteiger partial charge < -0.3 is 19.7 Å². The third-order valence-corrected chi connectivity index (χ3v) is 3.19. The van der Waals surface area contributed by atoms with Crippen molar-refractivity contribution in [1.82, 2.24) is 0 Å². The van der Waals surface area contributed by atoms with E-state index in [4.69, 9.17) is 9.47 Å². The predicted octanol–water partition coefficient (Wildman–Crippen LogP) is 1.79. The molecule has 0 bridgehead atoms. The summed E-state index contributed by atoms with van der Waals surface area (Å²) in [6.45, 7) is 7.07. The van der Waals surface area contributed by atoms with Crippen LogP contribution in [0.5, 0.6) is 0 Å². The molecule has 104 valence electrons. The van der Waals surface area contributed by atoms with E-state index >= 15 is 0 Å². The SMILES string of the molecule is C=C[C@@H](O)[C@@H]1OC(C)(C)O[C@H]1[C@H](O)c1ccccc1. The van der Waals surface area contributed by atoms with E-state index in [1.807, 2.05) is 30.3 Å². The fraction of sp³-hybridized carbons (Fsp3) is 0.467. The van der Waals surface area contributed by atoms with E-state index in [0.29, 0.717) is 0 Å². The predicted molar refractivity (Wildman–Crippen MR) is 71.4 cm³/mol. The van der Waals surface area contributed by atoms with E-state index in [9.17, 15) is 10.2 Å². The van der Waals surface area contributed by atoms with E-state index in [1.54, 1.807) is 13.8 Å². The molecule has 2 N–H and O–H groups in total. The van der Waals surface area contributed by atoms with E-state index in [1.165, 1.54) is 6.08 Å². The van der Waals surface area contributed by atoms with E-state index in [-0.39, 0.29) is 0 Å². The van der Waals surface area contributed by atoms with E-state index in [0.717, 1.165) is 5.56 Å². The zero-order valence-corrected chi connectivity index (χ0v) is 11.2. The molecule has 4 heteroatoms. The summed E-state index contributed by atoms with van der Waals surface area (Å²) in [4.78, 5) is 0. The second kappa shape index (κ2) is 5.43. The highest BCUT2D eigenvalue weighted by atomic mass is 16.8. The molecule has 1 aromatic carbocycles. The molecule has 0 aromatic heterocycles. The third-order valence-electron chi connectivity index (χ3n) is 3.19. The number of benzene rings is 1. The number of hydrogen-bond donors (Lipinski definition) is 2. The van der Waals surface area contributed by atoms with Crippen molar-refractivity contribution in [2.45, 2.75) is 44.1 Å². The van der Waals surface area contributed by atoms with Crippen molar-refractivity contribution in [3.63, 3.8) is 0 Å². The Hall–Kier alpha value is -1.20. The average molecular weight is 264 g/mol. The highest BCUT2D eigenvalue weighted by molar-refractivity contribution is 5.19. The van der Waals surface area contributed by atoms with Gasteiger partial charge in [-0.25, -0.2) is 0 Å². The maximum atomic E-state index is 10.4. The van der Waals surface area contributed by atoms with Crippen LogP contribution in [-0.4, -0.2) is 34.3 Å². The van der Waals surface area contributed by atoms with Crippen molar-refractivity contribution in [3.05, 3.63) is 48.6 Å². The molecule has 4 atom stereocenters. The van der Waals surface area contributed by atoms with Gasteiger partial charge in [0.25, 0.3) is 0 Å². The Bertz CT molecular complexity index is 429. The quantitative estimate of drug-likeness (QED) is 0.814. The average Bonchev–Trinajstić information content (AvgIpc) is 2.74. The summed E-state index contributed by atoms with van der Waals surface area (Å²) < 4.78 is 11.4. The Balaban J connectivity index is 2.23. The molecule has 4 nitrogen and oxygen atoms in total. The molecule has 0 amide bonds. The van der Waals surface area contributed by atoms with Gasteiger partial charge in [0.1, 0.15) is 24.4 Å². The zero-order chi connectivity index (χ0) is 14.0. The first-order chi connectivity index (χ1) is 8.94. The molecule has 1 aliphatic heterocycles. The molecular formula is C15H20O4. The van der Waals surface area contributed by atoms with Crippen LogP contribution < -0.4 is 0 Å². The molecule has 0 saturated carbocycles. The summed E-state index contributed by atoms with van der Waals surface area (Å²) in [7, 11) is 0. The smallest absolute Gasteiger partial charge is 0.164 e. The lowest BCUT2D eigenvalue weighted by molar-refractivity contribution is -0.159. The summed E-state index contributed by atoms with van der Waals surface area (Å²) in [6, 6.07) is 9.20. The molecule has 2 rings (SSSR count). The Kier molecular flexibility index (Phi) is 4.06. The van der Waals surface area contributed by atoms with Gasteiger partial charge in [-0.15, -0.1) is 6.58 Å². The first-order valence-electron chi connectivity index (χ1n) is 6.34. The molecule has 0 spiro atoms. The summed E-state index contributed by atoms with van der Waals surface area (Å²) in [5.74, 6) is -0.838. The normalized spacial score (nSPS) is 28.8. The van der Waals surface area contributed by atoms with Gasteiger partial charge in [0.15, 0.2) is 5.79 Å². The Morgan fingerprint density at radius 2 is 1.74 bits per heavy atom. The molecule has 1 heterocycles. The molecule has 1 aromatic rings. The Morgan fingerprint density at radius 3 is 2.32 bits per heavy atom. The molecule has 0 aliphatic carbocycles. The number of ether oxygens (including phenoxy) is 2. The second-order valence-electron chi connectivity index (χ2n) is 5.15. The minimum atomic E-state index is -0.884. The first-order valence-corrected chi connectivity index (χ1v) is 6.34. The van der Waals surface area contributed by atoms with Gasteiger partial charge in [0.2, 0.25) is 0 Å². The number of aliphatic hydroxyl groups is 2. The van der Waals surface area contributed by atoms with Crippen molar-refractivity contribution in [2.75, 3.05) is 0 Å². The minimum Gasteiger partial charge on any atom is -0.386 e.